The Kier molecular flexibility index (Phi) is 2.88. The molecule has 21 heavy (non-hydrogen) atoms. The number of hydrogen-bond acceptors (Lipinski definition) is 2. The Hall–Kier alpha value is -2.03. The van der Waals surface area contributed by atoms with Crippen LogP contribution in [0.3, 0.4) is 0 Å². The fourth-order valence-corrected chi connectivity index (χ4v) is 2.81. The molecule has 0 aliphatic rings. The molecule has 0 spiro atoms. The predicted octanol–water partition coefficient (Wildman–Crippen LogP) is 5.95. The standard InChI is InChI=1S/C17H9Cl2NO/c18-11-6-7-14(19)13(9-11)17-20-16-12-4-2-1-3-10(12)5-8-15(16)21-17/h1-9H. The van der Waals surface area contributed by atoms with E-state index in [1.54, 1.807) is 18.2 Å². The number of halogens is 2. The van der Waals surface area contributed by atoms with Crippen LogP contribution in [0.2, 0.25) is 10.0 Å². The molecule has 1 aromatic heterocycles. The second-order valence-electron chi connectivity index (χ2n) is 4.78. The molecule has 4 rings (SSSR count). The van der Waals surface area contributed by atoms with Crippen molar-refractivity contribution in [3.8, 4) is 11.5 Å². The second-order valence-corrected chi connectivity index (χ2v) is 5.62. The maximum atomic E-state index is 6.22. The van der Waals surface area contributed by atoms with E-state index in [0.717, 1.165) is 21.9 Å². The molecule has 2 nitrogen and oxygen atoms in total. The number of hydrogen-bond donors (Lipinski definition) is 0. The van der Waals surface area contributed by atoms with Gasteiger partial charge in [0, 0.05) is 10.4 Å². The molecule has 1 heterocycles. The Bertz CT molecular complexity index is 975. The topological polar surface area (TPSA) is 26.0 Å². The smallest absolute Gasteiger partial charge is 0.228 e. The molecule has 0 radical (unpaired) electrons. The van der Waals surface area contributed by atoms with Crippen LogP contribution in [0.1, 0.15) is 0 Å². The summed E-state index contributed by atoms with van der Waals surface area (Å²) in [5.41, 5.74) is 2.27. The number of nitrogens with zero attached hydrogens (tertiary/aromatic N) is 1. The van der Waals surface area contributed by atoms with E-state index < -0.39 is 0 Å². The van der Waals surface area contributed by atoms with E-state index in [4.69, 9.17) is 27.6 Å². The average Bonchev–Trinajstić information content (AvgIpc) is 2.94. The highest BCUT2D eigenvalue weighted by molar-refractivity contribution is 6.35. The van der Waals surface area contributed by atoms with E-state index in [1.165, 1.54) is 0 Å². The van der Waals surface area contributed by atoms with Crippen LogP contribution in [-0.4, -0.2) is 4.98 Å². The number of aromatic nitrogens is 1. The third-order valence-electron chi connectivity index (χ3n) is 3.44. The van der Waals surface area contributed by atoms with Crippen molar-refractivity contribution in [2.24, 2.45) is 0 Å². The van der Waals surface area contributed by atoms with Crippen LogP contribution in [0, 0.1) is 0 Å². The lowest BCUT2D eigenvalue weighted by Gasteiger charge is -1.99. The summed E-state index contributed by atoms with van der Waals surface area (Å²) in [5.74, 6) is 0.480. The summed E-state index contributed by atoms with van der Waals surface area (Å²) in [7, 11) is 0. The fraction of sp³-hybridized carbons (Fsp3) is 0. The highest BCUT2D eigenvalue weighted by Crippen LogP contribution is 2.34. The van der Waals surface area contributed by atoms with Crippen molar-refractivity contribution >= 4 is 45.1 Å². The fourth-order valence-electron chi connectivity index (χ4n) is 2.44. The molecular formula is C17H9Cl2NO. The van der Waals surface area contributed by atoms with Crippen molar-refractivity contribution in [2.45, 2.75) is 0 Å². The lowest BCUT2D eigenvalue weighted by atomic mass is 10.1. The zero-order chi connectivity index (χ0) is 14.4. The summed E-state index contributed by atoms with van der Waals surface area (Å²) in [6.45, 7) is 0. The molecule has 0 fully saturated rings. The van der Waals surface area contributed by atoms with Gasteiger partial charge in [-0.1, -0.05) is 53.5 Å². The maximum Gasteiger partial charge on any atom is 0.228 e. The van der Waals surface area contributed by atoms with Gasteiger partial charge < -0.3 is 4.42 Å². The van der Waals surface area contributed by atoms with Crippen molar-refractivity contribution in [1.29, 1.82) is 0 Å². The molecule has 0 aliphatic heterocycles. The molecule has 0 N–H and O–H groups in total. The van der Waals surface area contributed by atoms with Crippen LogP contribution in [0.5, 0.6) is 0 Å². The largest absolute Gasteiger partial charge is 0.436 e. The predicted molar refractivity (Wildman–Crippen MR) is 87.0 cm³/mol. The van der Waals surface area contributed by atoms with Crippen LogP contribution in [0.4, 0.5) is 0 Å². The van der Waals surface area contributed by atoms with Gasteiger partial charge >= 0.3 is 0 Å². The van der Waals surface area contributed by atoms with Gasteiger partial charge in [0.1, 0.15) is 5.52 Å². The molecule has 0 saturated carbocycles. The van der Waals surface area contributed by atoms with Gasteiger partial charge in [-0.2, -0.15) is 0 Å². The van der Waals surface area contributed by atoms with Gasteiger partial charge in [0.05, 0.1) is 10.6 Å². The normalized spacial score (nSPS) is 11.3. The summed E-state index contributed by atoms with van der Waals surface area (Å²) in [6, 6.07) is 17.3. The van der Waals surface area contributed by atoms with Gasteiger partial charge in [0.2, 0.25) is 5.89 Å². The summed E-state index contributed by atoms with van der Waals surface area (Å²) < 4.78 is 5.84. The third kappa shape index (κ3) is 2.08. The summed E-state index contributed by atoms with van der Waals surface area (Å²) in [6.07, 6.45) is 0. The molecular weight excluding hydrogens is 305 g/mol. The van der Waals surface area contributed by atoms with E-state index in [1.807, 2.05) is 30.3 Å². The first-order chi connectivity index (χ1) is 10.2. The molecule has 0 aliphatic carbocycles. The van der Waals surface area contributed by atoms with E-state index in [0.29, 0.717) is 21.5 Å². The molecule has 0 unspecified atom stereocenters. The zero-order valence-corrected chi connectivity index (χ0v) is 12.3. The summed E-state index contributed by atoms with van der Waals surface area (Å²) in [5, 5.41) is 3.35. The first-order valence-electron chi connectivity index (χ1n) is 6.46. The van der Waals surface area contributed by atoms with Crippen LogP contribution < -0.4 is 0 Å². The molecule has 4 heteroatoms. The van der Waals surface area contributed by atoms with E-state index in [9.17, 15) is 0 Å². The van der Waals surface area contributed by atoms with Crippen LogP contribution in [-0.2, 0) is 0 Å². The van der Waals surface area contributed by atoms with Crippen molar-refractivity contribution in [3.05, 3.63) is 64.6 Å². The summed E-state index contributed by atoms with van der Waals surface area (Å²) >= 11 is 12.3. The lowest BCUT2D eigenvalue weighted by molar-refractivity contribution is 0.620. The van der Waals surface area contributed by atoms with Gasteiger partial charge in [-0.15, -0.1) is 0 Å². The van der Waals surface area contributed by atoms with Crippen molar-refractivity contribution in [3.63, 3.8) is 0 Å². The highest BCUT2D eigenvalue weighted by atomic mass is 35.5. The maximum absolute atomic E-state index is 6.22. The lowest BCUT2D eigenvalue weighted by Crippen LogP contribution is -1.80. The summed E-state index contributed by atoms with van der Waals surface area (Å²) in [4.78, 5) is 4.60. The van der Waals surface area contributed by atoms with Gasteiger partial charge in [0.15, 0.2) is 5.58 Å². The number of rotatable bonds is 1. The number of benzene rings is 3. The van der Waals surface area contributed by atoms with E-state index in [2.05, 4.69) is 11.1 Å². The van der Waals surface area contributed by atoms with Crippen LogP contribution in [0.15, 0.2) is 59.0 Å². The van der Waals surface area contributed by atoms with Gasteiger partial charge in [-0.25, -0.2) is 4.98 Å². The first-order valence-corrected chi connectivity index (χ1v) is 7.22. The van der Waals surface area contributed by atoms with Crippen LogP contribution >= 0.6 is 23.2 Å². The number of oxazole rings is 1. The van der Waals surface area contributed by atoms with Gasteiger partial charge in [-0.05, 0) is 29.7 Å². The second kappa shape index (κ2) is 4.76. The molecule has 0 amide bonds. The quantitative estimate of drug-likeness (QED) is 0.433. The highest BCUT2D eigenvalue weighted by Gasteiger charge is 2.13. The van der Waals surface area contributed by atoms with Crippen LogP contribution in [0.25, 0.3) is 33.3 Å². The minimum atomic E-state index is 0.480. The molecule has 4 aromatic rings. The molecule has 0 bridgehead atoms. The van der Waals surface area contributed by atoms with E-state index in [-0.39, 0.29) is 0 Å². The molecule has 0 saturated heterocycles. The van der Waals surface area contributed by atoms with Gasteiger partial charge in [0.25, 0.3) is 0 Å². The Morgan fingerprint density at radius 2 is 1.76 bits per heavy atom. The van der Waals surface area contributed by atoms with Crippen molar-refractivity contribution in [2.75, 3.05) is 0 Å². The average molecular weight is 314 g/mol. The van der Waals surface area contributed by atoms with Gasteiger partial charge in [-0.3, -0.25) is 0 Å². The molecule has 3 aromatic carbocycles. The third-order valence-corrected chi connectivity index (χ3v) is 4.01. The Balaban J connectivity index is 2.03. The molecule has 0 atom stereocenters. The SMILES string of the molecule is Clc1ccc(Cl)c(-c2nc3c(ccc4ccccc43)o2)c1. The minimum absolute atomic E-state index is 0.480. The monoisotopic (exact) mass is 313 g/mol. The Labute approximate surface area is 130 Å². The Morgan fingerprint density at radius 1 is 0.905 bits per heavy atom. The first kappa shape index (κ1) is 12.7. The zero-order valence-electron chi connectivity index (χ0n) is 10.8. The Morgan fingerprint density at radius 3 is 2.67 bits per heavy atom. The van der Waals surface area contributed by atoms with E-state index >= 15 is 0 Å². The number of fused-ring (bicyclic) bond motifs is 3. The van der Waals surface area contributed by atoms with Crippen molar-refractivity contribution < 1.29 is 4.42 Å². The molecule has 102 valence electrons. The van der Waals surface area contributed by atoms with Crippen molar-refractivity contribution in [1.82, 2.24) is 4.98 Å². The minimum Gasteiger partial charge on any atom is -0.436 e.